The molecule has 0 unspecified atom stereocenters. The van der Waals surface area contributed by atoms with E-state index in [0.29, 0.717) is 19.6 Å². The van der Waals surface area contributed by atoms with E-state index in [2.05, 4.69) is 10.6 Å². The van der Waals surface area contributed by atoms with Crippen LogP contribution in [-0.2, 0) is 14.8 Å². The SMILES string of the molecule is CNC(=O)[C@@H]1CNCCN(S(C)(=O)=O)C1. The Labute approximate surface area is 90.1 Å². The lowest BCUT2D eigenvalue weighted by Crippen LogP contribution is -2.40. The van der Waals surface area contributed by atoms with Crippen LogP contribution in [0, 0.1) is 5.92 Å². The Morgan fingerprint density at radius 1 is 1.53 bits per heavy atom. The van der Waals surface area contributed by atoms with Crippen LogP contribution < -0.4 is 10.6 Å². The smallest absolute Gasteiger partial charge is 0.225 e. The number of amides is 1. The van der Waals surface area contributed by atoms with Crippen LogP contribution in [0.4, 0.5) is 0 Å². The molecule has 1 aliphatic heterocycles. The number of carbonyl (C=O) groups is 1. The molecule has 0 aromatic carbocycles. The summed E-state index contributed by atoms with van der Waals surface area (Å²) in [5, 5.41) is 5.58. The number of sulfonamides is 1. The molecular weight excluding hydrogens is 218 g/mol. The molecule has 0 aliphatic carbocycles. The van der Waals surface area contributed by atoms with Crippen molar-refractivity contribution in [3.05, 3.63) is 0 Å². The topological polar surface area (TPSA) is 78.5 Å². The van der Waals surface area contributed by atoms with Crippen LogP contribution in [-0.4, -0.2) is 58.1 Å². The zero-order valence-corrected chi connectivity index (χ0v) is 9.80. The van der Waals surface area contributed by atoms with Gasteiger partial charge < -0.3 is 10.6 Å². The minimum Gasteiger partial charge on any atom is -0.359 e. The van der Waals surface area contributed by atoms with Gasteiger partial charge in [-0.25, -0.2) is 12.7 Å². The first kappa shape index (κ1) is 12.4. The monoisotopic (exact) mass is 235 g/mol. The fraction of sp³-hybridized carbons (Fsp3) is 0.875. The fourth-order valence-corrected chi connectivity index (χ4v) is 2.44. The van der Waals surface area contributed by atoms with Crippen molar-refractivity contribution < 1.29 is 13.2 Å². The zero-order chi connectivity index (χ0) is 11.5. The second-order valence-electron chi connectivity index (χ2n) is 3.64. The largest absolute Gasteiger partial charge is 0.359 e. The average molecular weight is 235 g/mol. The van der Waals surface area contributed by atoms with Crippen LogP contribution in [0.2, 0.25) is 0 Å². The van der Waals surface area contributed by atoms with Gasteiger partial charge in [0.25, 0.3) is 0 Å². The Morgan fingerprint density at radius 3 is 2.73 bits per heavy atom. The van der Waals surface area contributed by atoms with E-state index in [4.69, 9.17) is 0 Å². The number of hydrogen-bond donors (Lipinski definition) is 2. The van der Waals surface area contributed by atoms with Crippen molar-refractivity contribution in [2.75, 3.05) is 39.5 Å². The summed E-state index contributed by atoms with van der Waals surface area (Å²) in [6.07, 6.45) is 1.17. The van der Waals surface area contributed by atoms with Crippen molar-refractivity contribution in [1.29, 1.82) is 0 Å². The molecule has 0 bridgehead atoms. The van der Waals surface area contributed by atoms with E-state index < -0.39 is 10.0 Å². The number of nitrogens with zero attached hydrogens (tertiary/aromatic N) is 1. The van der Waals surface area contributed by atoms with E-state index in [1.807, 2.05) is 0 Å². The minimum atomic E-state index is -3.21. The summed E-state index contributed by atoms with van der Waals surface area (Å²) in [5.41, 5.74) is 0. The Balaban J connectivity index is 2.74. The number of carbonyl (C=O) groups excluding carboxylic acids is 1. The third-order valence-corrected chi connectivity index (χ3v) is 3.71. The summed E-state index contributed by atoms with van der Waals surface area (Å²) >= 11 is 0. The van der Waals surface area contributed by atoms with E-state index in [1.165, 1.54) is 10.6 Å². The third kappa shape index (κ3) is 3.44. The van der Waals surface area contributed by atoms with E-state index in [0.717, 1.165) is 0 Å². The third-order valence-electron chi connectivity index (χ3n) is 2.44. The maximum absolute atomic E-state index is 11.4. The first-order chi connectivity index (χ1) is 6.95. The van der Waals surface area contributed by atoms with Crippen molar-refractivity contribution in [1.82, 2.24) is 14.9 Å². The van der Waals surface area contributed by atoms with Crippen LogP contribution in [0.25, 0.3) is 0 Å². The van der Waals surface area contributed by atoms with Gasteiger partial charge in [0.15, 0.2) is 0 Å². The van der Waals surface area contributed by atoms with E-state index in [-0.39, 0.29) is 18.4 Å². The van der Waals surface area contributed by atoms with Gasteiger partial charge in [-0.2, -0.15) is 0 Å². The first-order valence-electron chi connectivity index (χ1n) is 4.82. The first-order valence-corrected chi connectivity index (χ1v) is 6.67. The molecule has 1 amide bonds. The lowest BCUT2D eigenvalue weighted by atomic mass is 10.1. The van der Waals surface area contributed by atoms with Gasteiger partial charge in [0.2, 0.25) is 15.9 Å². The molecule has 1 aliphatic rings. The van der Waals surface area contributed by atoms with Gasteiger partial charge in [-0.1, -0.05) is 0 Å². The predicted molar refractivity (Wildman–Crippen MR) is 56.8 cm³/mol. The highest BCUT2D eigenvalue weighted by Gasteiger charge is 2.27. The molecule has 0 saturated carbocycles. The molecule has 1 heterocycles. The van der Waals surface area contributed by atoms with Gasteiger partial charge in [0, 0.05) is 33.2 Å². The number of hydrogen-bond acceptors (Lipinski definition) is 4. The maximum atomic E-state index is 11.4. The van der Waals surface area contributed by atoms with Crippen molar-refractivity contribution >= 4 is 15.9 Å². The molecule has 15 heavy (non-hydrogen) atoms. The lowest BCUT2D eigenvalue weighted by molar-refractivity contribution is -0.124. The molecule has 6 nitrogen and oxygen atoms in total. The van der Waals surface area contributed by atoms with Gasteiger partial charge in [0.05, 0.1) is 12.2 Å². The average Bonchev–Trinajstić information content (AvgIpc) is 2.40. The van der Waals surface area contributed by atoms with Crippen molar-refractivity contribution in [3.8, 4) is 0 Å². The standard InChI is InChI=1S/C8H17N3O3S/c1-9-8(12)7-5-10-3-4-11(6-7)15(2,13)14/h7,10H,3-6H2,1-2H3,(H,9,12)/t7-/m1/s1. The van der Waals surface area contributed by atoms with Crippen molar-refractivity contribution in [3.63, 3.8) is 0 Å². The number of rotatable bonds is 2. The highest BCUT2D eigenvalue weighted by Crippen LogP contribution is 2.07. The molecule has 1 atom stereocenters. The van der Waals surface area contributed by atoms with Crippen LogP contribution in [0.1, 0.15) is 0 Å². The van der Waals surface area contributed by atoms with E-state index in [9.17, 15) is 13.2 Å². The quantitative estimate of drug-likeness (QED) is 0.593. The van der Waals surface area contributed by atoms with Gasteiger partial charge in [0.1, 0.15) is 0 Å². The van der Waals surface area contributed by atoms with E-state index in [1.54, 1.807) is 7.05 Å². The van der Waals surface area contributed by atoms with Crippen LogP contribution in [0.5, 0.6) is 0 Å². The molecule has 0 spiro atoms. The van der Waals surface area contributed by atoms with Crippen LogP contribution in [0.3, 0.4) is 0 Å². The van der Waals surface area contributed by atoms with Gasteiger partial charge in [-0.15, -0.1) is 0 Å². The molecule has 1 saturated heterocycles. The highest BCUT2D eigenvalue weighted by molar-refractivity contribution is 7.88. The minimum absolute atomic E-state index is 0.127. The van der Waals surface area contributed by atoms with Gasteiger partial charge in [-0.3, -0.25) is 4.79 Å². The molecule has 0 radical (unpaired) electrons. The van der Waals surface area contributed by atoms with Gasteiger partial charge in [-0.05, 0) is 0 Å². The molecule has 1 fully saturated rings. The maximum Gasteiger partial charge on any atom is 0.225 e. The summed E-state index contributed by atoms with van der Waals surface area (Å²) in [6, 6.07) is 0. The molecule has 2 N–H and O–H groups in total. The van der Waals surface area contributed by atoms with Gasteiger partial charge >= 0.3 is 0 Å². The zero-order valence-electron chi connectivity index (χ0n) is 8.99. The molecule has 0 aromatic heterocycles. The molecule has 0 aromatic rings. The molecule has 7 heteroatoms. The predicted octanol–water partition coefficient (Wildman–Crippen LogP) is -1.79. The summed E-state index contributed by atoms with van der Waals surface area (Å²) in [4.78, 5) is 11.4. The lowest BCUT2D eigenvalue weighted by Gasteiger charge is -2.20. The second kappa shape index (κ2) is 4.91. The molecular formula is C8H17N3O3S. The fourth-order valence-electron chi connectivity index (χ4n) is 1.56. The summed E-state index contributed by atoms with van der Waals surface area (Å²) < 4.78 is 24.1. The van der Waals surface area contributed by atoms with Crippen molar-refractivity contribution in [2.24, 2.45) is 5.92 Å². The summed E-state index contributed by atoms with van der Waals surface area (Å²) in [5.74, 6) is -0.440. The van der Waals surface area contributed by atoms with E-state index >= 15 is 0 Å². The van der Waals surface area contributed by atoms with Crippen LogP contribution in [0.15, 0.2) is 0 Å². The highest BCUT2D eigenvalue weighted by atomic mass is 32.2. The summed E-state index contributed by atoms with van der Waals surface area (Å²) in [7, 11) is -1.66. The molecule has 1 rings (SSSR count). The normalized spacial score (nSPS) is 24.5. The summed E-state index contributed by atoms with van der Waals surface area (Å²) in [6.45, 7) is 1.78. The Morgan fingerprint density at radius 2 is 2.20 bits per heavy atom. The Bertz CT molecular complexity index is 328. The number of nitrogens with one attached hydrogen (secondary N) is 2. The van der Waals surface area contributed by atoms with Crippen LogP contribution >= 0.6 is 0 Å². The van der Waals surface area contributed by atoms with Crippen molar-refractivity contribution in [2.45, 2.75) is 0 Å². The second-order valence-corrected chi connectivity index (χ2v) is 5.62. The molecule has 88 valence electrons. The Hall–Kier alpha value is -0.660. The Kier molecular flexibility index (Phi) is 4.06.